The SMILES string of the molecule is CC1=C(CC/C(C)=C/CC/C(=C\C[C@@H](O)/C(=C\C(C)(C)O)CO[Si](C)(C)C(C)(C)C)CO[Si](C)(C)C(C)(C)C)C(C)(C)CCC1. The molecule has 0 heterocycles. The predicted molar refractivity (Wildman–Crippen MR) is 202 cm³/mol. The lowest BCUT2D eigenvalue weighted by Crippen LogP contribution is -2.42. The van der Waals surface area contributed by atoms with E-state index in [0.29, 0.717) is 25.0 Å². The zero-order valence-corrected chi connectivity index (χ0v) is 34.6. The highest BCUT2D eigenvalue weighted by atomic mass is 28.4. The molecule has 4 nitrogen and oxygen atoms in total. The molecule has 1 atom stereocenters. The summed E-state index contributed by atoms with van der Waals surface area (Å²) in [6, 6.07) is 0. The van der Waals surface area contributed by atoms with Gasteiger partial charge in [0.1, 0.15) is 0 Å². The number of hydrogen-bond donors (Lipinski definition) is 2. The summed E-state index contributed by atoms with van der Waals surface area (Å²) in [5.74, 6) is 0. The molecule has 0 bridgehead atoms. The number of aliphatic hydroxyl groups excluding tert-OH is 1. The van der Waals surface area contributed by atoms with Gasteiger partial charge >= 0.3 is 0 Å². The molecule has 1 aliphatic rings. The van der Waals surface area contributed by atoms with Crippen molar-refractivity contribution in [2.45, 2.75) is 182 Å². The van der Waals surface area contributed by atoms with E-state index >= 15 is 0 Å². The first-order chi connectivity index (χ1) is 20.2. The summed E-state index contributed by atoms with van der Waals surface area (Å²) in [5, 5.41) is 22.2. The van der Waals surface area contributed by atoms with Crippen molar-refractivity contribution in [3.8, 4) is 0 Å². The average molecular weight is 663 g/mol. The van der Waals surface area contributed by atoms with E-state index in [-0.39, 0.29) is 10.1 Å². The largest absolute Gasteiger partial charge is 0.413 e. The van der Waals surface area contributed by atoms with Crippen LogP contribution in [0, 0.1) is 5.41 Å². The van der Waals surface area contributed by atoms with Crippen molar-refractivity contribution in [1.82, 2.24) is 0 Å². The van der Waals surface area contributed by atoms with E-state index in [2.05, 4.69) is 108 Å². The molecule has 2 N–H and O–H groups in total. The van der Waals surface area contributed by atoms with Gasteiger partial charge in [0.25, 0.3) is 0 Å². The zero-order chi connectivity index (χ0) is 35.1. The Bertz CT molecular complexity index is 1070. The highest BCUT2D eigenvalue weighted by molar-refractivity contribution is 6.74. The van der Waals surface area contributed by atoms with E-state index < -0.39 is 28.3 Å². The summed E-state index contributed by atoms with van der Waals surface area (Å²) in [4.78, 5) is 0. The quantitative estimate of drug-likeness (QED) is 0.128. The summed E-state index contributed by atoms with van der Waals surface area (Å²) in [6.07, 6.45) is 14.2. The Morgan fingerprint density at radius 1 is 0.889 bits per heavy atom. The van der Waals surface area contributed by atoms with Crippen molar-refractivity contribution >= 4 is 16.6 Å². The summed E-state index contributed by atoms with van der Waals surface area (Å²) >= 11 is 0. The Balaban J connectivity index is 3.11. The fourth-order valence-corrected chi connectivity index (χ4v) is 7.42. The van der Waals surface area contributed by atoms with Gasteiger partial charge in [-0.05, 0) is 138 Å². The lowest BCUT2D eigenvalue weighted by molar-refractivity contribution is 0.124. The molecule has 0 aromatic heterocycles. The number of hydrogen-bond acceptors (Lipinski definition) is 4. The normalized spacial score (nSPS) is 18.9. The minimum absolute atomic E-state index is 0.0694. The fourth-order valence-electron chi connectivity index (χ4n) is 5.48. The van der Waals surface area contributed by atoms with E-state index in [1.807, 2.05) is 0 Å². The van der Waals surface area contributed by atoms with Crippen LogP contribution in [-0.4, -0.2) is 51.8 Å². The standard InChI is InChI=1S/C39H74O4Si2/c1-30(22-24-34-31(2)20-18-26-38(34,9)10)19-17-21-32(28-42-44(13,14)36(3,4)5)23-25-35(40)33(27-39(11,12)41)29-43-45(15,16)37(6,7)8/h19,23,27,35,40-41H,17-18,20-22,24-26,28-29H2,1-16H3/b30-19+,32-23+,33-27-/t35-/m1/s1. The van der Waals surface area contributed by atoms with Crippen molar-refractivity contribution in [3.05, 3.63) is 46.1 Å². The van der Waals surface area contributed by atoms with Crippen molar-refractivity contribution in [1.29, 1.82) is 0 Å². The van der Waals surface area contributed by atoms with Crippen LogP contribution in [-0.2, 0) is 8.85 Å². The summed E-state index contributed by atoms with van der Waals surface area (Å²) in [5.41, 5.74) is 6.02. The molecule has 1 aliphatic carbocycles. The fraction of sp³-hybridized carbons (Fsp3) is 0.795. The van der Waals surface area contributed by atoms with Crippen LogP contribution in [0.2, 0.25) is 36.3 Å². The average Bonchev–Trinajstić information content (AvgIpc) is 2.84. The van der Waals surface area contributed by atoms with Crippen LogP contribution < -0.4 is 0 Å². The number of allylic oxidation sites excluding steroid dienone is 4. The van der Waals surface area contributed by atoms with Gasteiger partial charge in [-0.1, -0.05) is 84.3 Å². The summed E-state index contributed by atoms with van der Waals surface area (Å²) in [7, 11) is -3.94. The maximum absolute atomic E-state index is 11.4. The van der Waals surface area contributed by atoms with Gasteiger partial charge < -0.3 is 19.1 Å². The van der Waals surface area contributed by atoms with E-state index in [0.717, 1.165) is 31.3 Å². The lowest BCUT2D eigenvalue weighted by Gasteiger charge is -2.37. The second kappa shape index (κ2) is 16.6. The Hall–Kier alpha value is -0.766. The third kappa shape index (κ3) is 14.5. The minimum atomic E-state index is -2.02. The minimum Gasteiger partial charge on any atom is -0.413 e. The van der Waals surface area contributed by atoms with Gasteiger partial charge in [0.2, 0.25) is 0 Å². The smallest absolute Gasteiger partial charge is 0.192 e. The third-order valence-electron chi connectivity index (χ3n) is 10.8. The van der Waals surface area contributed by atoms with Crippen molar-refractivity contribution in [3.63, 3.8) is 0 Å². The molecular formula is C39H74O4Si2. The maximum atomic E-state index is 11.4. The molecule has 0 aromatic carbocycles. The molecular weight excluding hydrogens is 589 g/mol. The molecule has 0 fully saturated rings. The van der Waals surface area contributed by atoms with E-state index in [9.17, 15) is 10.2 Å². The molecule has 0 amide bonds. The predicted octanol–water partition coefficient (Wildman–Crippen LogP) is 11.4. The Labute approximate surface area is 282 Å². The van der Waals surface area contributed by atoms with E-state index in [4.69, 9.17) is 8.85 Å². The van der Waals surface area contributed by atoms with Crippen molar-refractivity contribution in [2.75, 3.05) is 13.2 Å². The lowest BCUT2D eigenvalue weighted by atomic mass is 9.71. The zero-order valence-electron chi connectivity index (χ0n) is 32.6. The van der Waals surface area contributed by atoms with Gasteiger partial charge in [0.05, 0.1) is 24.9 Å². The Morgan fingerprint density at radius 2 is 1.42 bits per heavy atom. The first-order valence-electron chi connectivity index (χ1n) is 17.6. The second-order valence-corrected chi connectivity index (χ2v) is 27.8. The molecule has 0 spiro atoms. The highest BCUT2D eigenvalue weighted by Gasteiger charge is 2.38. The van der Waals surface area contributed by atoms with Gasteiger partial charge in [-0.3, -0.25) is 0 Å². The summed E-state index contributed by atoms with van der Waals surface area (Å²) in [6.45, 7) is 36.4. The summed E-state index contributed by atoms with van der Waals surface area (Å²) < 4.78 is 13.2. The van der Waals surface area contributed by atoms with Crippen LogP contribution in [0.4, 0.5) is 0 Å². The number of rotatable bonds is 16. The topological polar surface area (TPSA) is 58.9 Å². The Kier molecular flexibility index (Phi) is 15.6. The van der Waals surface area contributed by atoms with Crippen LogP contribution in [0.15, 0.2) is 46.1 Å². The molecule has 0 saturated carbocycles. The van der Waals surface area contributed by atoms with Gasteiger partial charge in [0.15, 0.2) is 16.6 Å². The molecule has 0 aromatic rings. The molecule has 0 radical (unpaired) electrons. The monoisotopic (exact) mass is 663 g/mol. The Morgan fingerprint density at radius 3 is 1.91 bits per heavy atom. The van der Waals surface area contributed by atoms with Crippen LogP contribution in [0.5, 0.6) is 0 Å². The van der Waals surface area contributed by atoms with Crippen LogP contribution in [0.25, 0.3) is 0 Å². The molecule has 0 aliphatic heterocycles. The maximum Gasteiger partial charge on any atom is 0.192 e. The van der Waals surface area contributed by atoms with Crippen LogP contribution >= 0.6 is 0 Å². The van der Waals surface area contributed by atoms with Gasteiger partial charge in [-0.2, -0.15) is 0 Å². The molecule has 6 heteroatoms. The van der Waals surface area contributed by atoms with Crippen molar-refractivity contribution < 1.29 is 19.1 Å². The van der Waals surface area contributed by atoms with Crippen LogP contribution in [0.3, 0.4) is 0 Å². The van der Waals surface area contributed by atoms with Gasteiger partial charge in [-0.25, -0.2) is 0 Å². The molecule has 0 saturated heterocycles. The highest BCUT2D eigenvalue weighted by Crippen LogP contribution is 2.43. The number of aliphatic hydroxyl groups is 2. The molecule has 1 rings (SSSR count). The van der Waals surface area contributed by atoms with Crippen molar-refractivity contribution in [2.24, 2.45) is 5.41 Å². The third-order valence-corrected chi connectivity index (χ3v) is 19.8. The van der Waals surface area contributed by atoms with E-state index in [1.165, 1.54) is 30.4 Å². The molecule has 0 unspecified atom stereocenters. The molecule has 262 valence electrons. The van der Waals surface area contributed by atoms with Crippen LogP contribution in [0.1, 0.15) is 134 Å². The van der Waals surface area contributed by atoms with E-state index in [1.54, 1.807) is 31.1 Å². The van der Waals surface area contributed by atoms with Gasteiger partial charge in [-0.15, -0.1) is 0 Å². The molecule has 45 heavy (non-hydrogen) atoms. The first kappa shape index (κ1) is 42.3. The second-order valence-electron chi connectivity index (χ2n) is 18.2. The first-order valence-corrected chi connectivity index (χ1v) is 23.4. The van der Waals surface area contributed by atoms with Gasteiger partial charge in [0, 0.05) is 0 Å².